The third-order valence-corrected chi connectivity index (χ3v) is 5.53. The first kappa shape index (κ1) is 24.1. The molecule has 1 N–H and O–H groups in total. The molecule has 36 heavy (non-hydrogen) atoms. The molecule has 0 heterocycles. The van der Waals surface area contributed by atoms with Gasteiger partial charge in [-0.3, -0.25) is 14.9 Å². The van der Waals surface area contributed by atoms with Crippen molar-refractivity contribution in [3.05, 3.63) is 117 Å². The van der Waals surface area contributed by atoms with Crippen molar-refractivity contribution in [2.24, 2.45) is 0 Å². The van der Waals surface area contributed by atoms with Gasteiger partial charge < -0.3 is 10.1 Å². The molecule has 0 aliphatic rings. The molecule has 0 aromatic heterocycles. The Bertz CT molecular complexity index is 1580. The SMILES string of the molecule is N#C/C(=C\c1ccccc1OC(=O)c1cccc2ccccc12)C(=O)Nc1cc([N+](=O)[O-])ccc1Cl. The highest BCUT2D eigenvalue weighted by molar-refractivity contribution is 6.34. The number of para-hydroxylation sites is 1. The van der Waals surface area contributed by atoms with Crippen molar-refractivity contribution in [3.63, 3.8) is 0 Å². The van der Waals surface area contributed by atoms with Crippen LogP contribution in [0.25, 0.3) is 16.8 Å². The zero-order valence-corrected chi connectivity index (χ0v) is 19.2. The van der Waals surface area contributed by atoms with Gasteiger partial charge in [0.05, 0.1) is 21.2 Å². The fourth-order valence-electron chi connectivity index (χ4n) is 3.47. The van der Waals surface area contributed by atoms with Crippen molar-refractivity contribution in [2.45, 2.75) is 0 Å². The molecule has 176 valence electrons. The minimum absolute atomic E-state index is 0.0207. The summed E-state index contributed by atoms with van der Waals surface area (Å²) < 4.78 is 5.62. The van der Waals surface area contributed by atoms with Crippen LogP contribution in [0.15, 0.2) is 90.5 Å². The lowest BCUT2D eigenvalue weighted by atomic mass is 10.0. The van der Waals surface area contributed by atoms with Crippen molar-refractivity contribution >= 4 is 51.7 Å². The van der Waals surface area contributed by atoms with E-state index in [2.05, 4.69) is 5.32 Å². The van der Waals surface area contributed by atoms with Gasteiger partial charge in [0.15, 0.2) is 0 Å². The second kappa shape index (κ2) is 10.5. The Balaban J connectivity index is 1.62. The highest BCUT2D eigenvalue weighted by Gasteiger charge is 2.17. The Morgan fingerprint density at radius 1 is 1.00 bits per heavy atom. The maximum absolute atomic E-state index is 13.0. The summed E-state index contributed by atoms with van der Waals surface area (Å²) in [5.74, 6) is -1.29. The van der Waals surface area contributed by atoms with Crippen LogP contribution in [0.1, 0.15) is 15.9 Å². The molecule has 0 atom stereocenters. The Morgan fingerprint density at radius 2 is 1.72 bits per heavy atom. The van der Waals surface area contributed by atoms with Crippen molar-refractivity contribution in [3.8, 4) is 11.8 Å². The first-order valence-corrected chi connectivity index (χ1v) is 10.9. The number of non-ortho nitro benzene ring substituents is 1. The lowest BCUT2D eigenvalue weighted by Gasteiger charge is -2.10. The van der Waals surface area contributed by atoms with Crippen LogP contribution in [0.4, 0.5) is 11.4 Å². The van der Waals surface area contributed by atoms with Gasteiger partial charge in [0.1, 0.15) is 17.4 Å². The number of halogens is 1. The first-order valence-electron chi connectivity index (χ1n) is 10.5. The van der Waals surface area contributed by atoms with Gasteiger partial charge in [-0.15, -0.1) is 0 Å². The van der Waals surface area contributed by atoms with E-state index < -0.39 is 16.8 Å². The van der Waals surface area contributed by atoms with E-state index in [1.807, 2.05) is 30.3 Å². The molecule has 9 heteroatoms. The Kier molecular flexibility index (Phi) is 7.04. The molecule has 1 amide bonds. The van der Waals surface area contributed by atoms with E-state index in [1.165, 1.54) is 18.2 Å². The average molecular weight is 498 g/mol. The number of fused-ring (bicyclic) bond motifs is 1. The van der Waals surface area contributed by atoms with E-state index in [-0.39, 0.29) is 27.7 Å². The number of anilines is 1. The topological polar surface area (TPSA) is 122 Å². The number of rotatable bonds is 6. The Hall–Kier alpha value is -5.00. The fourth-order valence-corrected chi connectivity index (χ4v) is 3.63. The zero-order valence-electron chi connectivity index (χ0n) is 18.5. The number of nitrogens with zero attached hydrogens (tertiary/aromatic N) is 2. The lowest BCUT2D eigenvalue weighted by molar-refractivity contribution is -0.384. The van der Waals surface area contributed by atoms with Gasteiger partial charge >= 0.3 is 5.97 Å². The summed E-state index contributed by atoms with van der Waals surface area (Å²) in [5.41, 5.74) is 0.0511. The molecule has 4 aromatic carbocycles. The number of nitriles is 1. The van der Waals surface area contributed by atoms with Crippen LogP contribution in [0.2, 0.25) is 5.02 Å². The number of carbonyl (C=O) groups is 2. The third kappa shape index (κ3) is 5.22. The molecule has 0 aliphatic heterocycles. The third-order valence-electron chi connectivity index (χ3n) is 5.21. The summed E-state index contributed by atoms with van der Waals surface area (Å²) >= 11 is 6.04. The number of benzene rings is 4. The normalized spacial score (nSPS) is 10.9. The molecule has 4 aromatic rings. The molecule has 0 radical (unpaired) electrons. The molecule has 0 unspecified atom stereocenters. The fraction of sp³-hybridized carbons (Fsp3) is 0. The molecular formula is C27H16ClN3O5. The molecular weight excluding hydrogens is 482 g/mol. The Morgan fingerprint density at radius 3 is 2.50 bits per heavy atom. The quantitative estimate of drug-likeness (QED) is 0.0848. The molecule has 0 saturated carbocycles. The average Bonchev–Trinajstić information content (AvgIpc) is 2.88. The van der Waals surface area contributed by atoms with Crippen LogP contribution in [0.5, 0.6) is 5.75 Å². The number of ether oxygens (including phenoxy) is 1. The van der Waals surface area contributed by atoms with E-state index in [9.17, 15) is 25.0 Å². The predicted octanol–water partition coefficient (Wildman–Crippen LogP) is 6.17. The molecule has 0 fully saturated rings. The number of hydrogen-bond donors (Lipinski definition) is 1. The van der Waals surface area contributed by atoms with Gasteiger partial charge in [-0.25, -0.2) is 4.79 Å². The zero-order chi connectivity index (χ0) is 25.7. The van der Waals surface area contributed by atoms with Crippen LogP contribution >= 0.6 is 11.6 Å². The van der Waals surface area contributed by atoms with E-state index in [0.717, 1.165) is 16.8 Å². The second-order valence-electron chi connectivity index (χ2n) is 7.50. The standard InChI is InChI=1S/C27H16ClN3O5/c28-23-13-12-20(31(34)35)15-24(23)30-26(32)19(16-29)14-18-7-2-4-11-25(18)36-27(33)22-10-5-8-17-6-1-3-9-21(17)22/h1-15H,(H,30,32)/b19-14+. The van der Waals surface area contributed by atoms with Crippen LogP contribution < -0.4 is 10.1 Å². The predicted molar refractivity (Wildman–Crippen MR) is 136 cm³/mol. The second-order valence-corrected chi connectivity index (χ2v) is 7.91. The number of nitro groups is 1. The smallest absolute Gasteiger partial charge is 0.344 e. The van der Waals surface area contributed by atoms with Crippen molar-refractivity contribution in [1.82, 2.24) is 0 Å². The summed E-state index contributed by atoms with van der Waals surface area (Å²) in [7, 11) is 0. The summed E-state index contributed by atoms with van der Waals surface area (Å²) in [6.07, 6.45) is 1.26. The van der Waals surface area contributed by atoms with E-state index >= 15 is 0 Å². The molecule has 0 aliphatic carbocycles. The molecule has 0 bridgehead atoms. The Labute approximate surface area is 210 Å². The number of hydrogen-bond acceptors (Lipinski definition) is 6. The van der Waals surface area contributed by atoms with Gasteiger partial charge in [-0.1, -0.05) is 66.2 Å². The van der Waals surface area contributed by atoms with Gasteiger partial charge in [0, 0.05) is 17.7 Å². The highest BCUT2D eigenvalue weighted by atomic mass is 35.5. The largest absolute Gasteiger partial charge is 0.422 e. The van der Waals surface area contributed by atoms with Crippen LogP contribution in [0.3, 0.4) is 0 Å². The summed E-state index contributed by atoms with van der Waals surface area (Å²) in [6.45, 7) is 0. The number of carbonyl (C=O) groups excluding carboxylic acids is 2. The monoisotopic (exact) mass is 497 g/mol. The van der Waals surface area contributed by atoms with Gasteiger partial charge in [-0.2, -0.15) is 5.26 Å². The molecule has 4 rings (SSSR count). The lowest BCUT2D eigenvalue weighted by Crippen LogP contribution is -2.14. The minimum Gasteiger partial charge on any atom is -0.422 e. The number of nitrogens with one attached hydrogen (secondary N) is 1. The first-order chi connectivity index (χ1) is 17.4. The highest BCUT2D eigenvalue weighted by Crippen LogP contribution is 2.28. The number of amides is 1. The van der Waals surface area contributed by atoms with Gasteiger partial charge in [0.25, 0.3) is 11.6 Å². The number of nitro benzene ring substituents is 1. The van der Waals surface area contributed by atoms with E-state index in [1.54, 1.807) is 42.5 Å². The van der Waals surface area contributed by atoms with Crippen molar-refractivity contribution in [1.29, 1.82) is 5.26 Å². The van der Waals surface area contributed by atoms with Crippen molar-refractivity contribution < 1.29 is 19.2 Å². The van der Waals surface area contributed by atoms with Crippen molar-refractivity contribution in [2.75, 3.05) is 5.32 Å². The maximum Gasteiger partial charge on any atom is 0.344 e. The summed E-state index contributed by atoms with van der Waals surface area (Å²) in [6, 6.07) is 24.5. The summed E-state index contributed by atoms with van der Waals surface area (Å²) in [5, 5.41) is 24.7. The maximum atomic E-state index is 13.0. The van der Waals surface area contributed by atoms with Crippen LogP contribution in [-0.4, -0.2) is 16.8 Å². The molecule has 0 spiro atoms. The molecule has 8 nitrogen and oxygen atoms in total. The number of esters is 1. The van der Waals surface area contributed by atoms with Crippen LogP contribution in [0, 0.1) is 21.4 Å². The minimum atomic E-state index is -0.838. The van der Waals surface area contributed by atoms with Crippen LogP contribution in [-0.2, 0) is 4.79 Å². The van der Waals surface area contributed by atoms with E-state index in [4.69, 9.17) is 16.3 Å². The van der Waals surface area contributed by atoms with E-state index in [0.29, 0.717) is 11.1 Å². The molecule has 0 saturated heterocycles. The van der Waals surface area contributed by atoms with Gasteiger partial charge in [0.2, 0.25) is 0 Å². The van der Waals surface area contributed by atoms with Gasteiger partial charge in [-0.05, 0) is 35.0 Å². The summed E-state index contributed by atoms with van der Waals surface area (Å²) in [4.78, 5) is 36.1.